The van der Waals surface area contributed by atoms with Gasteiger partial charge in [-0.25, -0.2) is 23.5 Å². The summed E-state index contributed by atoms with van der Waals surface area (Å²) < 4.78 is 59.7. The number of anilines is 1. The van der Waals surface area contributed by atoms with Crippen molar-refractivity contribution in [1.82, 2.24) is 24.3 Å². The van der Waals surface area contributed by atoms with Crippen LogP contribution in [0, 0.1) is 5.82 Å². The van der Waals surface area contributed by atoms with Crippen LogP contribution >= 0.6 is 0 Å². The number of rotatable bonds is 11. The molecule has 3 rings (SSSR count). The molecule has 0 saturated heterocycles. The van der Waals surface area contributed by atoms with Gasteiger partial charge in [-0.15, -0.1) is 0 Å². The van der Waals surface area contributed by atoms with Crippen molar-refractivity contribution in [3.05, 3.63) is 70.2 Å². The van der Waals surface area contributed by atoms with E-state index in [2.05, 4.69) is 15.6 Å². The second kappa shape index (κ2) is 14.5. The molecule has 0 aliphatic carbocycles. The van der Waals surface area contributed by atoms with Crippen molar-refractivity contribution in [1.29, 1.82) is 0 Å². The average Bonchev–Trinajstić information content (AvgIpc) is 3.32. The minimum absolute atomic E-state index is 0.0458. The minimum Gasteiger partial charge on any atom is -0.464 e. The molecule has 13 nitrogen and oxygen atoms in total. The Balaban J connectivity index is 1.92. The van der Waals surface area contributed by atoms with E-state index < -0.39 is 61.1 Å². The fourth-order valence-electron chi connectivity index (χ4n) is 4.19. The van der Waals surface area contributed by atoms with Crippen LogP contribution in [0.2, 0.25) is 0 Å². The molecule has 0 spiro atoms. The highest BCUT2D eigenvalue weighted by Gasteiger charge is 2.29. The Morgan fingerprint density at radius 3 is 2.53 bits per heavy atom. The number of nitrogens with one attached hydrogen (secondary N) is 2. The molecule has 1 aromatic carbocycles. The number of benzene rings is 1. The molecule has 3 amide bonds. The fraction of sp³-hybridized carbons (Fsp3) is 0.357. The summed E-state index contributed by atoms with van der Waals surface area (Å²) in [6.45, 7) is -0.521. The van der Waals surface area contributed by atoms with Gasteiger partial charge in [-0.2, -0.15) is 13.2 Å². The maximum Gasteiger partial charge on any atom is 0.417 e. The zero-order valence-corrected chi connectivity index (χ0v) is 24.4. The second-order valence-electron chi connectivity index (χ2n) is 9.90. The van der Waals surface area contributed by atoms with E-state index in [1.165, 1.54) is 51.6 Å². The van der Waals surface area contributed by atoms with E-state index in [0.717, 1.165) is 21.6 Å². The highest BCUT2D eigenvalue weighted by molar-refractivity contribution is 5.95. The van der Waals surface area contributed by atoms with Crippen LogP contribution < -0.4 is 16.2 Å². The van der Waals surface area contributed by atoms with Crippen LogP contribution in [0.1, 0.15) is 30.7 Å². The molecule has 0 fully saturated rings. The lowest BCUT2D eigenvalue weighted by Gasteiger charge is -2.19. The summed E-state index contributed by atoms with van der Waals surface area (Å²) in [7, 11) is 4.23. The number of nitrogens with zero attached hydrogens (tertiary/aromatic N) is 4. The fourth-order valence-corrected chi connectivity index (χ4v) is 4.19. The number of hydrogen-bond donors (Lipinski definition) is 3. The number of carbonyl (C=O) groups is 4. The number of fused-ring (bicyclic) bond motifs is 1. The molecule has 2 aromatic heterocycles. The van der Waals surface area contributed by atoms with E-state index in [4.69, 9.17) is 4.74 Å². The molecule has 17 heteroatoms. The molecular formula is C28H30F4N6O7. The monoisotopic (exact) mass is 638 g/mol. The van der Waals surface area contributed by atoms with Gasteiger partial charge in [0.15, 0.2) is 6.10 Å². The van der Waals surface area contributed by atoms with Crippen LogP contribution in [0.3, 0.4) is 0 Å². The molecule has 0 radical (unpaired) electrons. The van der Waals surface area contributed by atoms with Crippen LogP contribution in [-0.2, 0) is 27.3 Å². The normalized spacial score (nSPS) is 12.2. The zero-order valence-electron chi connectivity index (χ0n) is 24.4. The van der Waals surface area contributed by atoms with E-state index in [1.54, 1.807) is 0 Å². The van der Waals surface area contributed by atoms with E-state index in [-0.39, 0.29) is 46.9 Å². The summed E-state index contributed by atoms with van der Waals surface area (Å²) >= 11 is 0. The number of aromatic nitrogens is 3. The van der Waals surface area contributed by atoms with Gasteiger partial charge in [-0.05, 0) is 49.1 Å². The maximum absolute atomic E-state index is 14.2. The summed E-state index contributed by atoms with van der Waals surface area (Å²) in [6.07, 6.45) is -6.40. The molecule has 3 aromatic rings. The average molecular weight is 639 g/mol. The summed E-state index contributed by atoms with van der Waals surface area (Å²) in [5, 5.41) is 14.7. The van der Waals surface area contributed by atoms with E-state index in [9.17, 15) is 46.6 Å². The lowest BCUT2D eigenvalue weighted by Crippen LogP contribution is -2.37. The van der Waals surface area contributed by atoms with Crippen LogP contribution in [0.5, 0.6) is 0 Å². The van der Waals surface area contributed by atoms with Gasteiger partial charge >= 0.3 is 18.4 Å². The summed E-state index contributed by atoms with van der Waals surface area (Å²) in [4.78, 5) is 67.3. The second-order valence-corrected chi connectivity index (χ2v) is 9.90. The third-order valence-electron chi connectivity index (χ3n) is 6.34. The molecule has 242 valence electrons. The predicted octanol–water partition coefficient (Wildman–Crippen LogP) is 3.49. The van der Waals surface area contributed by atoms with Gasteiger partial charge in [-0.3, -0.25) is 14.4 Å². The number of ether oxygens (including phenoxy) is 1. The molecule has 0 saturated carbocycles. The van der Waals surface area contributed by atoms with Gasteiger partial charge in [0.25, 0.3) is 11.5 Å². The lowest BCUT2D eigenvalue weighted by atomic mass is 10.1. The van der Waals surface area contributed by atoms with E-state index in [0.29, 0.717) is 4.57 Å². The molecule has 1 unspecified atom stereocenters. The number of allylic oxidation sites excluding steroid dienone is 1. The van der Waals surface area contributed by atoms with E-state index in [1.807, 2.05) is 0 Å². The third-order valence-corrected chi connectivity index (χ3v) is 6.34. The molecule has 0 aliphatic heterocycles. The molecule has 0 aliphatic rings. The van der Waals surface area contributed by atoms with Crippen molar-refractivity contribution in [2.45, 2.75) is 44.5 Å². The van der Waals surface area contributed by atoms with Gasteiger partial charge in [0.1, 0.15) is 17.3 Å². The number of likely N-dealkylation sites (N-methyl/N-ethyl adjacent to an activating group) is 1. The first-order valence-electron chi connectivity index (χ1n) is 13.4. The van der Waals surface area contributed by atoms with Crippen LogP contribution in [-0.4, -0.2) is 81.5 Å². The maximum atomic E-state index is 14.2. The number of hydrogen-bond acceptors (Lipinski definition) is 7. The third kappa shape index (κ3) is 9.14. The SMILES string of the molecule is CNC(=O)C=CCCC(OC(=O)N(C)C)C(=O)Nc1cccn(Cc2nc3cc(F)cc(CCC(F)(F)F)c3n2C(=O)O)c1=O. The number of imidazole rings is 1. The number of carbonyl (C=O) groups excluding carboxylic acids is 3. The standard InChI is InChI=1S/C28H30F4N6O7/c1-33-22(39)9-5-4-8-20(45-27(44)36(2)3)24(40)35-18-7-6-12-37(25(18)41)15-21-34-19-14-17(29)13-16(10-11-28(30,31)32)23(19)38(21)26(42)43/h5-7,9,12-14,20H,4,8,10-11,15H2,1-3H3,(H,33,39)(H,35,40)(H,42,43). The number of amides is 3. The van der Waals surface area contributed by atoms with Gasteiger partial charge in [0, 0.05) is 39.8 Å². The van der Waals surface area contributed by atoms with Crippen molar-refractivity contribution in [3.63, 3.8) is 0 Å². The Bertz CT molecular complexity index is 1680. The number of halogens is 4. The van der Waals surface area contributed by atoms with Crippen molar-refractivity contribution in [2.75, 3.05) is 26.5 Å². The smallest absolute Gasteiger partial charge is 0.417 e. The largest absolute Gasteiger partial charge is 0.464 e. The molecule has 2 heterocycles. The summed E-state index contributed by atoms with van der Waals surface area (Å²) in [5.41, 5.74) is -1.81. The first-order chi connectivity index (χ1) is 21.1. The lowest BCUT2D eigenvalue weighted by molar-refractivity contribution is -0.134. The highest BCUT2D eigenvalue weighted by atomic mass is 19.4. The van der Waals surface area contributed by atoms with Crippen molar-refractivity contribution in [2.24, 2.45) is 0 Å². The van der Waals surface area contributed by atoms with Crippen molar-refractivity contribution < 1.29 is 46.6 Å². The predicted molar refractivity (Wildman–Crippen MR) is 152 cm³/mol. The number of aryl methyl sites for hydroxylation is 1. The Labute approximate surface area is 253 Å². The first-order valence-corrected chi connectivity index (χ1v) is 13.4. The number of alkyl halides is 3. The van der Waals surface area contributed by atoms with Gasteiger partial charge in [0.2, 0.25) is 5.91 Å². The molecule has 0 bridgehead atoms. The van der Waals surface area contributed by atoms with Crippen molar-refractivity contribution >= 4 is 40.7 Å². The summed E-state index contributed by atoms with van der Waals surface area (Å²) in [5.74, 6) is -2.47. The van der Waals surface area contributed by atoms with Gasteiger partial charge in [-0.1, -0.05) is 6.08 Å². The Morgan fingerprint density at radius 1 is 1.20 bits per heavy atom. The minimum atomic E-state index is -4.58. The van der Waals surface area contributed by atoms with E-state index >= 15 is 0 Å². The molecule has 1 atom stereocenters. The number of pyridine rings is 1. The van der Waals surface area contributed by atoms with Gasteiger partial charge < -0.3 is 29.9 Å². The highest BCUT2D eigenvalue weighted by Crippen LogP contribution is 2.28. The Hall–Kier alpha value is -5.22. The molecular weight excluding hydrogens is 608 g/mol. The Morgan fingerprint density at radius 2 is 1.91 bits per heavy atom. The topological polar surface area (TPSA) is 165 Å². The summed E-state index contributed by atoms with van der Waals surface area (Å²) in [6, 6.07) is 4.27. The molecule has 3 N–H and O–H groups in total. The zero-order chi connectivity index (χ0) is 33.5. The van der Waals surface area contributed by atoms with Crippen LogP contribution in [0.25, 0.3) is 11.0 Å². The first kappa shape index (κ1) is 34.3. The van der Waals surface area contributed by atoms with Crippen LogP contribution in [0.15, 0.2) is 47.4 Å². The number of carboxylic acid groups (broad SMARTS) is 1. The molecule has 45 heavy (non-hydrogen) atoms. The quantitative estimate of drug-likeness (QED) is 0.212. The Kier molecular flexibility index (Phi) is 11.0. The van der Waals surface area contributed by atoms with Crippen LogP contribution in [0.4, 0.5) is 32.8 Å². The van der Waals surface area contributed by atoms with Gasteiger partial charge in [0.05, 0.1) is 17.6 Å². The van der Waals surface area contributed by atoms with Crippen molar-refractivity contribution in [3.8, 4) is 0 Å².